The van der Waals surface area contributed by atoms with E-state index in [0.717, 1.165) is 37.4 Å². The van der Waals surface area contributed by atoms with Gasteiger partial charge in [0, 0.05) is 43.6 Å². The molecule has 0 aromatic heterocycles. The zero-order chi connectivity index (χ0) is 13.8. The standard InChI is InChI=1S/C13H23N3O2S/c1-10(14)9-12(17)16-4-2-3-11(16)13(18)15-5-7-19-8-6-15/h10-11H,2-9,14H2,1H3. The van der Waals surface area contributed by atoms with Crippen LogP contribution in [0.15, 0.2) is 0 Å². The fourth-order valence-corrected chi connectivity index (χ4v) is 3.61. The van der Waals surface area contributed by atoms with Gasteiger partial charge in [-0.3, -0.25) is 9.59 Å². The Morgan fingerprint density at radius 3 is 2.63 bits per heavy atom. The summed E-state index contributed by atoms with van der Waals surface area (Å²) in [5.41, 5.74) is 5.68. The average Bonchev–Trinajstić information content (AvgIpc) is 2.87. The highest BCUT2D eigenvalue weighted by Gasteiger charge is 2.36. The summed E-state index contributed by atoms with van der Waals surface area (Å²) in [4.78, 5) is 28.3. The summed E-state index contributed by atoms with van der Waals surface area (Å²) in [7, 11) is 0. The van der Waals surface area contributed by atoms with Gasteiger partial charge in [-0.1, -0.05) is 0 Å². The summed E-state index contributed by atoms with van der Waals surface area (Å²) >= 11 is 1.88. The second-order valence-corrected chi connectivity index (χ2v) is 6.59. The van der Waals surface area contributed by atoms with E-state index in [1.807, 2.05) is 23.6 Å². The summed E-state index contributed by atoms with van der Waals surface area (Å²) in [5.74, 6) is 2.17. The van der Waals surface area contributed by atoms with Crippen LogP contribution in [0.2, 0.25) is 0 Å². The second-order valence-electron chi connectivity index (χ2n) is 5.36. The zero-order valence-corrected chi connectivity index (χ0v) is 12.3. The summed E-state index contributed by atoms with van der Waals surface area (Å²) in [6.07, 6.45) is 2.05. The third kappa shape index (κ3) is 3.63. The van der Waals surface area contributed by atoms with Crippen LogP contribution in [-0.2, 0) is 9.59 Å². The lowest BCUT2D eigenvalue weighted by Gasteiger charge is -2.32. The van der Waals surface area contributed by atoms with Crippen molar-refractivity contribution >= 4 is 23.6 Å². The molecule has 0 aliphatic carbocycles. The van der Waals surface area contributed by atoms with Crippen LogP contribution in [0.4, 0.5) is 0 Å². The minimum absolute atomic E-state index is 0.0252. The van der Waals surface area contributed by atoms with E-state index in [9.17, 15) is 9.59 Å². The van der Waals surface area contributed by atoms with Crippen molar-refractivity contribution in [1.29, 1.82) is 0 Å². The van der Waals surface area contributed by atoms with Crippen LogP contribution >= 0.6 is 11.8 Å². The molecule has 0 aromatic carbocycles. The van der Waals surface area contributed by atoms with Crippen LogP contribution in [0, 0.1) is 0 Å². The molecule has 0 aromatic rings. The number of amides is 2. The molecule has 0 spiro atoms. The number of nitrogens with two attached hydrogens (primary N) is 1. The Balaban J connectivity index is 1.97. The van der Waals surface area contributed by atoms with Gasteiger partial charge in [0.05, 0.1) is 0 Å². The second kappa shape index (κ2) is 6.61. The molecule has 2 saturated heterocycles. The smallest absolute Gasteiger partial charge is 0.245 e. The van der Waals surface area contributed by atoms with E-state index in [0.29, 0.717) is 13.0 Å². The number of carbonyl (C=O) groups excluding carboxylic acids is 2. The number of likely N-dealkylation sites (tertiary alicyclic amines) is 1. The van der Waals surface area contributed by atoms with Gasteiger partial charge in [-0.15, -0.1) is 0 Å². The molecule has 0 bridgehead atoms. The number of nitrogens with zero attached hydrogens (tertiary/aromatic N) is 2. The summed E-state index contributed by atoms with van der Waals surface area (Å²) in [5, 5.41) is 0. The lowest BCUT2D eigenvalue weighted by atomic mass is 10.1. The van der Waals surface area contributed by atoms with E-state index in [1.165, 1.54) is 0 Å². The molecule has 2 amide bonds. The third-order valence-corrected chi connectivity index (χ3v) is 4.62. The van der Waals surface area contributed by atoms with Crippen molar-refractivity contribution < 1.29 is 9.59 Å². The Labute approximate surface area is 118 Å². The van der Waals surface area contributed by atoms with E-state index < -0.39 is 0 Å². The molecule has 2 heterocycles. The van der Waals surface area contributed by atoms with Crippen LogP contribution < -0.4 is 5.73 Å². The topological polar surface area (TPSA) is 66.6 Å². The summed E-state index contributed by atoms with van der Waals surface area (Å²) in [6.45, 7) is 4.15. The number of hydrogen-bond acceptors (Lipinski definition) is 4. The normalized spacial score (nSPS) is 25.5. The van der Waals surface area contributed by atoms with Gasteiger partial charge in [-0.25, -0.2) is 0 Å². The predicted octanol–water partition coefficient (Wildman–Crippen LogP) is 0.290. The monoisotopic (exact) mass is 285 g/mol. The molecule has 6 heteroatoms. The largest absolute Gasteiger partial charge is 0.339 e. The molecule has 2 fully saturated rings. The van der Waals surface area contributed by atoms with Gasteiger partial charge in [0.2, 0.25) is 11.8 Å². The highest BCUT2D eigenvalue weighted by Crippen LogP contribution is 2.22. The lowest BCUT2D eigenvalue weighted by Crippen LogP contribution is -2.50. The Kier molecular flexibility index (Phi) is 5.10. The van der Waals surface area contributed by atoms with Crippen molar-refractivity contribution in [3.05, 3.63) is 0 Å². The first kappa shape index (κ1) is 14.7. The molecule has 2 N–H and O–H groups in total. The van der Waals surface area contributed by atoms with Crippen molar-refractivity contribution in [2.45, 2.75) is 38.3 Å². The molecular formula is C13H23N3O2S. The van der Waals surface area contributed by atoms with Crippen molar-refractivity contribution in [3.63, 3.8) is 0 Å². The van der Waals surface area contributed by atoms with Crippen molar-refractivity contribution in [1.82, 2.24) is 9.80 Å². The molecule has 2 rings (SSSR count). The van der Waals surface area contributed by atoms with Crippen LogP contribution in [0.3, 0.4) is 0 Å². The molecule has 19 heavy (non-hydrogen) atoms. The highest BCUT2D eigenvalue weighted by atomic mass is 32.2. The third-order valence-electron chi connectivity index (χ3n) is 3.68. The number of rotatable bonds is 3. The first-order chi connectivity index (χ1) is 9.09. The van der Waals surface area contributed by atoms with Crippen LogP contribution in [0.5, 0.6) is 0 Å². The zero-order valence-electron chi connectivity index (χ0n) is 11.5. The Morgan fingerprint density at radius 1 is 1.32 bits per heavy atom. The number of thioether (sulfide) groups is 1. The maximum Gasteiger partial charge on any atom is 0.245 e. The first-order valence-electron chi connectivity index (χ1n) is 7.01. The highest BCUT2D eigenvalue weighted by molar-refractivity contribution is 7.99. The van der Waals surface area contributed by atoms with E-state index in [4.69, 9.17) is 5.73 Å². The van der Waals surface area contributed by atoms with Gasteiger partial charge in [0.15, 0.2) is 0 Å². The minimum Gasteiger partial charge on any atom is -0.339 e. The molecule has 0 saturated carbocycles. The lowest BCUT2D eigenvalue weighted by molar-refractivity contribution is -0.143. The predicted molar refractivity (Wildman–Crippen MR) is 76.9 cm³/mol. The van der Waals surface area contributed by atoms with Gasteiger partial charge in [0.1, 0.15) is 6.04 Å². The molecule has 5 nitrogen and oxygen atoms in total. The molecule has 2 atom stereocenters. The van der Waals surface area contributed by atoms with E-state index >= 15 is 0 Å². The maximum atomic E-state index is 12.5. The fourth-order valence-electron chi connectivity index (χ4n) is 2.71. The average molecular weight is 285 g/mol. The van der Waals surface area contributed by atoms with Crippen molar-refractivity contribution in [3.8, 4) is 0 Å². The number of carbonyl (C=O) groups is 2. The van der Waals surface area contributed by atoms with Crippen LogP contribution in [0.1, 0.15) is 26.2 Å². The van der Waals surface area contributed by atoms with Gasteiger partial charge >= 0.3 is 0 Å². The SMILES string of the molecule is CC(N)CC(=O)N1CCCC1C(=O)N1CCSCC1. The van der Waals surface area contributed by atoms with Gasteiger partial charge in [0.25, 0.3) is 0 Å². The van der Waals surface area contributed by atoms with E-state index in [2.05, 4.69) is 0 Å². The van der Waals surface area contributed by atoms with Gasteiger partial charge in [-0.05, 0) is 19.8 Å². The maximum absolute atomic E-state index is 12.5. The summed E-state index contributed by atoms with van der Waals surface area (Å²) < 4.78 is 0. The Morgan fingerprint density at radius 2 is 2.00 bits per heavy atom. The molecule has 108 valence electrons. The number of hydrogen-bond donors (Lipinski definition) is 1. The molecule has 2 unspecified atom stereocenters. The summed E-state index contributed by atoms with van der Waals surface area (Å²) in [6, 6.07) is -0.385. The van der Waals surface area contributed by atoms with Gasteiger partial charge in [-0.2, -0.15) is 11.8 Å². The van der Waals surface area contributed by atoms with Gasteiger partial charge < -0.3 is 15.5 Å². The van der Waals surface area contributed by atoms with Crippen molar-refractivity contribution in [2.75, 3.05) is 31.1 Å². The van der Waals surface area contributed by atoms with E-state index in [1.54, 1.807) is 4.90 Å². The fraction of sp³-hybridized carbons (Fsp3) is 0.846. The quantitative estimate of drug-likeness (QED) is 0.809. The molecular weight excluding hydrogens is 262 g/mol. The minimum atomic E-state index is -0.241. The molecule has 0 radical (unpaired) electrons. The van der Waals surface area contributed by atoms with Crippen molar-refractivity contribution in [2.24, 2.45) is 5.73 Å². The first-order valence-corrected chi connectivity index (χ1v) is 8.16. The molecule has 2 aliphatic rings. The Bertz CT molecular complexity index is 343. The van der Waals surface area contributed by atoms with Crippen LogP contribution in [-0.4, -0.2) is 64.8 Å². The molecule has 2 aliphatic heterocycles. The van der Waals surface area contributed by atoms with E-state index in [-0.39, 0.29) is 23.9 Å². The van der Waals surface area contributed by atoms with Crippen LogP contribution in [0.25, 0.3) is 0 Å². The Hall–Kier alpha value is -0.750.